The maximum atomic E-state index is 12.5. The Morgan fingerprint density at radius 1 is 1.45 bits per heavy atom. The Bertz CT molecular complexity index is 493. The normalized spacial score (nSPS) is 21.6. The third-order valence-electron chi connectivity index (χ3n) is 3.79. The lowest BCUT2D eigenvalue weighted by Gasteiger charge is -2.26. The van der Waals surface area contributed by atoms with Crippen LogP contribution in [-0.4, -0.2) is 23.9 Å². The molecule has 1 aliphatic rings. The van der Waals surface area contributed by atoms with Crippen molar-refractivity contribution in [2.75, 3.05) is 18.4 Å². The van der Waals surface area contributed by atoms with Gasteiger partial charge in [0.05, 0.1) is 10.3 Å². The molecule has 1 aromatic rings. The quantitative estimate of drug-likeness (QED) is 0.639. The number of carbonyl (C=O) groups excluding carboxylic acids is 1. The number of anilines is 1. The monoisotopic (exact) mass is 277 g/mol. The Hall–Kier alpha value is -1.95. The van der Waals surface area contributed by atoms with Crippen LogP contribution in [0.2, 0.25) is 0 Å². The van der Waals surface area contributed by atoms with Gasteiger partial charge in [0.2, 0.25) is 5.91 Å². The van der Waals surface area contributed by atoms with Gasteiger partial charge in [0.1, 0.15) is 0 Å². The predicted molar refractivity (Wildman–Crippen MR) is 76.6 cm³/mol. The number of nitrogens with zero attached hydrogens (tertiary/aromatic N) is 1. The van der Waals surface area contributed by atoms with Crippen LogP contribution in [0, 0.1) is 15.5 Å². The summed E-state index contributed by atoms with van der Waals surface area (Å²) in [4.78, 5) is 22.6. The van der Waals surface area contributed by atoms with E-state index in [2.05, 4.69) is 17.6 Å². The average Bonchev–Trinajstić information content (AvgIpc) is 2.89. The number of hydrogen-bond acceptors (Lipinski definition) is 4. The lowest BCUT2D eigenvalue weighted by molar-refractivity contribution is -0.384. The molecule has 1 fully saturated rings. The van der Waals surface area contributed by atoms with Crippen molar-refractivity contribution in [1.82, 2.24) is 5.32 Å². The Kier molecular flexibility index (Phi) is 4.34. The van der Waals surface area contributed by atoms with Crippen LogP contribution in [0.25, 0.3) is 0 Å². The topological polar surface area (TPSA) is 84.3 Å². The van der Waals surface area contributed by atoms with E-state index in [0.717, 1.165) is 25.8 Å². The molecular weight excluding hydrogens is 258 g/mol. The smallest absolute Gasteiger partial charge is 0.269 e. The number of nitrogens with one attached hydrogen (secondary N) is 2. The maximum absolute atomic E-state index is 12.5. The molecule has 20 heavy (non-hydrogen) atoms. The summed E-state index contributed by atoms with van der Waals surface area (Å²) in [5.74, 6) is -0.00166. The molecule has 0 saturated carbocycles. The van der Waals surface area contributed by atoms with Crippen molar-refractivity contribution in [2.24, 2.45) is 5.41 Å². The zero-order valence-electron chi connectivity index (χ0n) is 11.5. The summed E-state index contributed by atoms with van der Waals surface area (Å²) in [5, 5.41) is 16.7. The van der Waals surface area contributed by atoms with Gasteiger partial charge < -0.3 is 10.6 Å². The largest absolute Gasteiger partial charge is 0.326 e. The van der Waals surface area contributed by atoms with Crippen molar-refractivity contribution < 1.29 is 9.72 Å². The van der Waals surface area contributed by atoms with Gasteiger partial charge in [-0.25, -0.2) is 0 Å². The Balaban J connectivity index is 2.08. The molecule has 2 rings (SSSR count). The highest BCUT2D eigenvalue weighted by Crippen LogP contribution is 2.32. The molecule has 1 saturated heterocycles. The van der Waals surface area contributed by atoms with E-state index in [1.807, 2.05) is 0 Å². The van der Waals surface area contributed by atoms with Crippen LogP contribution in [0.5, 0.6) is 0 Å². The molecule has 1 aromatic carbocycles. The fraction of sp³-hybridized carbons (Fsp3) is 0.500. The number of rotatable bonds is 5. The minimum atomic E-state index is -0.453. The molecular formula is C14H19N3O3. The van der Waals surface area contributed by atoms with Crippen LogP contribution in [0.15, 0.2) is 24.3 Å². The van der Waals surface area contributed by atoms with Crippen molar-refractivity contribution >= 4 is 17.3 Å². The molecule has 0 radical (unpaired) electrons. The van der Waals surface area contributed by atoms with Gasteiger partial charge in [-0.05, 0) is 31.5 Å². The van der Waals surface area contributed by atoms with E-state index in [1.165, 1.54) is 12.1 Å². The van der Waals surface area contributed by atoms with E-state index in [0.29, 0.717) is 12.2 Å². The number of amides is 1. The van der Waals surface area contributed by atoms with E-state index in [9.17, 15) is 14.9 Å². The van der Waals surface area contributed by atoms with Gasteiger partial charge in [0, 0.05) is 24.4 Å². The third kappa shape index (κ3) is 2.96. The van der Waals surface area contributed by atoms with Gasteiger partial charge >= 0.3 is 0 Å². The molecule has 1 amide bonds. The summed E-state index contributed by atoms with van der Waals surface area (Å²) in [6, 6.07) is 5.93. The first kappa shape index (κ1) is 14.5. The second-order valence-corrected chi connectivity index (χ2v) is 5.22. The number of hydrogen-bond donors (Lipinski definition) is 2. The summed E-state index contributed by atoms with van der Waals surface area (Å²) >= 11 is 0. The van der Waals surface area contributed by atoms with Crippen LogP contribution < -0.4 is 10.6 Å². The second-order valence-electron chi connectivity index (χ2n) is 5.22. The van der Waals surface area contributed by atoms with Crippen LogP contribution in [0.1, 0.15) is 26.2 Å². The van der Waals surface area contributed by atoms with Gasteiger partial charge in [-0.15, -0.1) is 0 Å². The van der Waals surface area contributed by atoms with Crippen molar-refractivity contribution in [3.63, 3.8) is 0 Å². The Morgan fingerprint density at radius 3 is 2.65 bits per heavy atom. The summed E-state index contributed by atoms with van der Waals surface area (Å²) < 4.78 is 0. The highest BCUT2D eigenvalue weighted by molar-refractivity contribution is 5.95. The van der Waals surface area contributed by atoms with Gasteiger partial charge in [-0.1, -0.05) is 13.3 Å². The summed E-state index contributed by atoms with van der Waals surface area (Å²) in [7, 11) is 0. The van der Waals surface area contributed by atoms with Crippen LogP contribution in [0.3, 0.4) is 0 Å². The van der Waals surface area contributed by atoms with Gasteiger partial charge in [0.25, 0.3) is 5.69 Å². The first-order chi connectivity index (χ1) is 9.57. The van der Waals surface area contributed by atoms with Crippen molar-refractivity contribution in [3.05, 3.63) is 34.4 Å². The molecule has 1 atom stereocenters. The van der Waals surface area contributed by atoms with Crippen LogP contribution >= 0.6 is 0 Å². The molecule has 2 N–H and O–H groups in total. The zero-order chi connectivity index (χ0) is 14.6. The minimum absolute atomic E-state index is 0.00166. The van der Waals surface area contributed by atoms with E-state index in [-0.39, 0.29) is 17.0 Å². The standard InChI is InChI=1S/C14H19N3O3/c1-2-7-14(8-9-15-10-14)13(18)16-11-3-5-12(6-4-11)17(19)20/h3-6,15H,2,7-10H2,1H3,(H,16,18). The number of benzene rings is 1. The number of carbonyl (C=O) groups is 1. The first-order valence-electron chi connectivity index (χ1n) is 6.84. The lowest BCUT2D eigenvalue weighted by Crippen LogP contribution is -2.38. The van der Waals surface area contributed by atoms with Gasteiger partial charge in [-0.2, -0.15) is 0 Å². The molecule has 6 nitrogen and oxygen atoms in total. The van der Waals surface area contributed by atoms with E-state index in [1.54, 1.807) is 12.1 Å². The SMILES string of the molecule is CCCC1(C(=O)Nc2ccc([N+](=O)[O-])cc2)CCNC1. The highest BCUT2D eigenvalue weighted by Gasteiger charge is 2.40. The molecule has 0 aliphatic carbocycles. The highest BCUT2D eigenvalue weighted by atomic mass is 16.6. The molecule has 108 valence electrons. The summed E-state index contributed by atoms with van der Waals surface area (Å²) in [6.07, 6.45) is 2.63. The molecule has 1 unspecified atom stereocenters. The summed E-state index contributed by atoms with van der Waals surface area (Å²) in [5.41, 5.74) is 0.271. The molecule has 1 aliphatic heterocycles. The minimum Gasteiger partial charge on any atom is -0.326 e. The first-order valence-corrected chi connectivity index (χ1v) is 6.84. The van der Waals surface area contributed by atoms with E-state index >= 15 is 0 Å². The average molecular weight is 277 g/mol. The molecule has 6 heteroatoms. The third-order valence-corrected chi connectivity index (χ3v) is 3.79. The molecule has 0 spiro atoms. The second kappa shape index (κ2) is 6.00. The maximum Gasteiger partial charge on any atom is 0.269 e. The van der Waals surface area contributed by atoms with Crippen LogP contribution in [-0.2, 0) is 4.79 Å². The molecule has 1 heterocycles. The number of non-ortho nitro benzene ring substituents is 1. The number of nitro benzene ring substituents is 1. The number of nitro groups is 1. The molecule has 0 aromatic heterocycles. The van der Waals surface area contributed by atoms with Crippen molar-refractivity contribution in [2.45, 2.75) is 26.2 Å². The fourth-order valence-corrected chi connectivity index (χ4v) is 2.67. The lowest BCUT2D eigenvalue weighted by atomic mass is 9.81. The predicted octanol–water partition coefficient (Wildman–Crippen LogP) is 2.31. The fourth-order valence-electron chi connectivity index (χ4n) is 2.67. The van der Waals surface area contributed by atoms with Gasteiger partial charge in [0.15, 0.2) is 0 Å². The molecule has 0 bridgehead atoms. The zero-order valence-corrected chi connectivity index (χ0v) is 11.5. The summed E-state index contributed by atoms with van der Waals surface area (Å²) in [6.45, 7) is 3.62. The Morgan fingerprint density at radius 2 is 2.15 bits per heavy atom. The van der Waals surface area contributed by atoms with Gasteiger partial charge in [-0.3, -0.25) is 14.9 Å². The van der Waals surface area contributed by atoms with Crippen LogP contribution in [0.4, 0.5) is 11.4 Å². The van der Waals surface area contributed by atoms with E-state index < -0.39 is 4.92 Å². The van der Waals surface area contributed by atoms with E-state index in [4.69, 9.17) is 0 Å². The van der Waals surface area contributed by atoms with Crippen molar-refractivity contribution in [3.8, 4) is 0 Å². The Labute approximate surface area is 117 Å². The van der Waals surface area contributed by atoms with Crippen molar-refractivity contribution in [1.29, 1.82) is 0 Å².